The molecule has 0 unspecified atom stereocenters. The summed E-state index contributed by atoms with van der Waals surface area (Å²) in [6.45, 7) is 2.61. The monoisotopic (exact) mass is 636 g/mol. The van der Waals surface area contributed by atoms with E-state index in [2.05, 4.69) is 41.0 Å². The number of benzene rings is 1. The Hall–Kier alpha value is -3.24. The third-order valence-electron chi connectivity index (χ3n) is 7.55. The average molecular weight is 638 g/mol. The standard InChI is InChI=1S/C28H32BrF3N6O3/c29-23-16-34-24(15-33)35-25(23)38(18-20-3-1-2-4-20)36-26(39)22-7-5-21(6-8-22)17-37-12-9-19(10-13-37)11-14-41-27(40)28(30,31)32/h5-8,16,19-20H,1-4,9-14,17-18H2,(H,36,39). The quantitative estimate of drug-likeness (QED) is 0.281. The van der Waals surface area contributed by atoms with Crippen LogP contribution in [-0.4, -0.2) is 59.2 Å². The van der Waals surface area contributed by atoms with Gasteiger partial charge in [0.05, 0.1) is 11.1 Å². The molecule has 1 amide bonds. The summed E-state index contributed by atoms with van der Waals surface area (Å²) in [4.78, 5) is 34.6. The van der Waals surface area contributed by atoms with Crippen molar-refractivity contribution in [3.63, 3.8) is 0 Å². The van der Waals surface area contributed by atoms with E-state index in [0.29, 0.717) is 41.3 Å². The Morgan fingerprint density at radius 2 is 1.80 bits per heavy atom. The number of esters is 1. The zero-order valence-electron chi connectivity index (χ0n) is 22.5. The van der Waals surface area contributed by atoms with Crippen molar-refractivity contribution < 1.29 is 27.5 Å². The highest BCUT2D eigenvalue weighted by Crippen LogP contribution is 2.29. The summed E-state index contributed by atoms with van der Waals surface area (Å²) in [5.74, 6) is -1.34. The Bertz CT molecular complexity index is 1240. The number of amides is 1. The largest absolute Gasteiger partial charge is 0.490 e. The third-order valence-corrected chi connectivity index (χ3v) is 8.11. The van der Waals surface area contributed by atoms with Crippen molar-refractivity contribution >= 4 is 33.6 Å². The number of hydrogen-bond donors (Lipinski definition) is 1. The van der Waals surface area contributed by atoms with Crippen LogP contribution in [0.4, 0.5) is 19.0 Å². The van der Waals surface area contributed by atoms with E-state index in [1.807, 2.05) is 18.2 Å². The summed E-state index contributed by atoms with van der Waals surface area (Å²) in [5, 5.41) is 11.0. The molecule has 0 spiro atoms. The lowest BCUT2D eigenvalue weighted by molar-refractivity contribution is -0.200. The molecule has 220 valence electrons. The number of nitrogens with zero attached hydrogens (tertiary/aromatic N) is 5. The zero-order valence-corrected chi connectivity index (χ0v) is 24.1. The molecule has 2 heterocycles. The molecule has 1 saturated heterocycles. The topological polar surface area (TPSA) is 111 Å². The zero-order chi connectivity index (χ0) is 29.4. The molecule has 9 nitrogen and oxygen atoms in total. The Kier molecular flexibility index (Phi) is 10.6. The molecule has 41 heavy (non-hydrogen) atoms. The van der Waals surface area contributed by atoms with Gasteiger partial charge in [-0.2, -0.15) is 23.4 Å². The number of piperidine rings is 1. The van der Waals surface area contributed by atoms with Gasteiger partial charge in [0.25, 0.3) is 5.91 Å². The molecule has 0 bridgehead atoms. The molecule has 2 aliphatic rings. The van der Waals surface area contributed by atoms with Crippen molar-refractivity contribution in [3.8, 4) is 6.07 Å². The third kappa shape index (κ3) is 8.87. The normalized spacial score (nSPS) is 16.8. The molecule has 0 atom stereocenters. The fraction of sp³-hybridized carbons (Fsp3) is 0.536. The number of rotatable bonds is 10. The van der Waals surface area contributed by atoms with Gasteiger partial charge in [0, 0.05) is 24.8 Å². The summed E-state index contributed by atoms with van der Waals surface area (Å²) >= 11 is 3.45. The van der Waals surface area contributed by atoms with Crippen molar-refractivity contribution in [2.24, 2.45) is 11.8 Å². The first-order valence-electron chi connectivity index (χ1n) is 13.7. The van der Waals surface area contributed by atoms with Crippen molar-refractivity contribution in [1.29, 1.82) is 5.26 Å². The summed E-state index contributed by atoms with van der Waals surface area (Å²) < 4.78 is 41.7. The van der Waals surface area contributed by atoms with Crippen LogP contribution in [0, 0.1) is 23.2 Å². The predicted molar refractivity (Wildman–Crippen MR) is 147 cm³/mol. The maximum Gasteiger partial charge on any atom is 0.490 e. The van der Waals surface area contributed by atoms with Crippen molar-refractivity contribution in [2.75, 3.05) is 31.3 Å². The van der Waals surface area contributed by atoms with Crippen LogP contribution >= 0.6 is 15.9 Å². The minimum Gasteiger partial charge on any atom is -0.459 e. The van der Waals surface area contributed by atoms with E-state index in [-0.39, 0.29) is 24.3 Å². The molecule has 13 heteroatoms. The molecule has 1 aromatic carbocycles. The number of nitriles is 1. The Morgan fingerprint density at radius 1 is 1.12 bits per heavy atom. The first kappa shape index (κ1) is 30.7. The molecular formula is C28H32BrF3N6O3. The molecule has 1 aliphatic carbocycles. The van der Waals surface area contributed by atoms with Gasteiger partial charge < -0.3 is 4.74 Å². The van der Waals surface area contributed by atoms with Crippen LogP contribution in [0.3, 0.4) is 0 Å². The van der Waals surface area contributed by atoms with E-state index in [1.165, 1.54) is 6.20 Å². The van der Waals surface area contributed by atoms with Crippen LogP contribution < -0.4 is 10.4 Å². The maximum atomic E-state index is 13.2. The van der Waals surface area contributed by atoms with Crippen LogP contribution in [0.25, 0.3) is 0 Å². The number of carbonyl (C=O) groups is 2. The minimum absolute atomic E-state index is 0.0205. The minimum atomic E-state index is -4.95. The van der Waals surface area contributed by atoms with Gasteiger partial charge in [0.15, 0.2) is 5.82 Å². The molecule has 2 aromatic rings. The predicted octanol–water partition coefficient (Wildman–Crippen LogP) is 5.16. The number of likely N-dealkylation sites (tertiary alicyclic amines) is 1. The molecular weight excluding hydrogens is 605 g/mol. The highest BCUT2D eigenvalue weighted by atomic mass is 79.9. The second kappa shape index (κ2) is 14.1. The summed E-state index contributed by atoms with van der Waals surface area (Å²) in [5.41, 5.74) is 4.50. The lowest BCUT2D eigenvalue weighted by atomic mass is 9.93. The van der Waals surface area contributed by atoms with E-state index >= 15 is 0 Å². The molecule has 1 aliphatic heterocycles. The first-order valence-corrected chi connectivity index (χ1v) is 14.5. The van der Waals surface area contributed by atoms with E-state index < -0.39 is 12.1 Å². The number of carbonyl (C=O) groups excluding carboxylic acids is 2. The van der Waals surface area contributed by atoms with Crippen LogP contribution in [0.5, 0.6) is 0 Å². The number of alkyl halides is 3. The number of hydrogen-bond acceptors (Lipinski definition) is 8. The van der Waals surface area contributed by atoms with E-state index in [4.69, 9.17) is 0 Å². The van der Waals surface area contributed by atoms with Gasteiger partial charge in [-0.05, 0) is 90.7 Å². The fourth-order valence-corrected chi connectivity index (χ4v) is 5.68. The van der Waals surface area contributed by atoms with E-state index in [0.717, 1.165) is 57.2 Å². The van der Waals surface area contributed by atoms with Gasteiger partial charge in [-0.25, -0.2) is 9.78 Å². The molecule has 1 saturated carbocycles. The highest BCUT2D eigenvalue weighted by molar-refractivity contribution is 9.10. The maximum absolute atomic E-state index is 13.2. The number of ether oxygens (including phenoxy) is 1. The number of nitrogens with one attached hydrogen (secondary N) is 1. The highest BCUT2D eigenvalue weighted by Gasteiger charge is 2.40. The summed E-state index contributed by atoms with van der Waals surface area (Å²) in [6.07, 6.45) is 3.03. The molecule has 2 fully saturated rings. The van der Waals surface area contributed by atoms with Gasteiger partial charge in [-0.1, -0.05) is 25.0 Å². The van der Waals surface area contributed by atoms with Crippen LogP contribution in [0.1, 0.15) is 66.7 Å². The number of aromatic nitrogens is 2. The molecule has 4 rings (SSSR count). The molecule has 0 radical (unpaired) electrons. The van der Waals surface area contributed by atoms with Crippen LogP contribution in [-0.2, 0) is 16.1 Å². The van der Waals surface area contributed by atoms with E-state index in [1.54, 1.807) is 17.1 Å². The second-order valence-electron chi connectivity index (χ2n) is 10.5. The molecule has 1 aromatic heterocycles. The number of hydrazine groups is 1. The average Bonchev–Trinajstić information content (AvgIpc) is 3.47. The summed E-state index contributed by atoms with van der Waals surface area (Å²) in [7, 11) is 0. The second-order valence-corrected chi connectivity index (χ2v) is 11.4. The van der Waals surface area contributed by atoms with Crippen molar-refractivity contribution in [2.45, 2.75) is 57.7 Å². The Morgan fingerprint density at radius 3 is 2.44 bits per heavy atom. The van der Waals surface area contributed by atoms with E-state index in [9.17, 15) is 28.0 Å². The first-order chi connectivity index (χ1) is 19.6. The number of anilines is 1. The Labute approximate surface area is 245 Å². The number of halogens is 4. The van der Waals surface area contributed by atoms with Crippen molar-refractivity contribution in [3.05, 3.63) is 51.9 Å². The van der Waals surface area contributed by atoms with Crippen molar-refractivity contribution in [1.82, 2.24) is 20.3 Å². The van der Waals surface area contributed by atoms with Crippen LogP contribution in [0.2, 0.25) is 0 Å². The molecule has 1 N–H and O–H groups in total. The van der Waals surface area contributed by atoms with Gasteiger partial charge in [-0.3, -0.25) is 20.1 Å². The SMILES string of the molecule is N#Cc1ncc(Br)c(N(CC2CCCC2)NC(=O)c2ccc(CN3CCC(CCOC(=O)C(F)(F)F)CC3)cc2)n1. The fourth-order valence-electron chi connectivity index (χ4n) is 5.28. The van der Waals surface area contributed by atoms with Gasteiger partial charge in [-0.15, -0.1) is 0 Å². The van der Waals surface area contributed by atoms with Gasteiger partial charge in [0.1, 0.15) is 6.07 Å². The van der Waals surface area contributed by atoms with Gasteiger partial charge in [0.2, 0.25) is 5.82 Å². The van der Waals surface area contributed by atoms with Gasteiger partial charge >= 0.3 is 12.1 Å². The van der Waals surface area contributed by atoms with Crippen LogP contribution in [0.15, 0.2) is 34.9 Å². The lowest BCUT2D eigenvalue weighted by Crippen LogP contribution is -2.45. The Balaban J connectivity index is 1.29. The lowest BCUT2D eigenvalue weighted by Gasteiger charge is -2.32. The smallest absolute Gasteiger partial charge is 0.459 e. The summed E-state index contributed by atoms with van der Waals surface area (Å²) in [6, 6.07) is 9.31.